The highest BCUT2D eigenvalue weighted by Gasteiger charge is 2.16. The Labute approximate surface area is 289 Å². The molecular weight excluding hydrogens is 615 g/mol. The van der Waals surface area contributed by atoms with Crippen molar-refractivity contribution >= 4 is 53.3 Å². The first kappa shape index (κ1) is 28.4. The van der Waals surface area contributed by atoms with E-state index in [1.807, 2.05) is 11.3 Å². The fourth-order valence-electron chi connectivity index (χ4n) is 7.79. The zero-order valence-corrected chi connectivity index (χ0v) is 27.9. The summed E-state index contributed by atoms with van der Waals surface area (Å²) in [4.78, 5) is 9.96. The van der Waals surface area contributed by atoms with Crippen LogP contribution < -0.4 is 0 Å². The molecule has 0 saturated carbocycles. The van der Waals surface area contributed by atoms with Gasteiger partial charge in [0.25, 0.3) is 0 Å². The molecule has 4 heteroatoms. The quantitative estimate of drug-likeness (QED) is 0.164. The molecule has 0 unspecified atom stereocenters. The molecule has 8 heterocycles. The van der Waals surface area contributed by atoms with Crippen LogP contribution in [0.25, 0.3) is 70.2 Å². The Kier molecular flexibility index (Phi) is 6.70. The molecule has 0 N–H and O–H groups in total. The van der Waals surface area contributed by atoms with E-state index in [0.29, 0.717) is 0 Å². The summed E-state index contributed by atoms with van der Waals surface area (Å²) in [6, 6.07) is 46.8. The van der Waals surface area contributed by atoms with Gasteiger partial charge >= 0.3 is 0 Å². The summed E-state index contributed by atoms with van der Waals surface area (Å²) in [5, 5.41) is 5.25. The third-order valence-corrected chi connectivity index (χ3v) is 11.7. The van der Waals surface area contributed by atoms with Gasteiger partial charge in [-0.05, 0) is 90.8 Å². The molecule has 4 aliphatic rings. The van der Waals surface area contributed by atoms with Crippen LogP contribution in [0.15, 0.2) is 140 Å². The molecule has 3 nitrogen and oxygen atoms in total. The van der Waals surface area contributed by atoms with E-state index in [4.69, 9.17) is 9.97 Å². The predicted molar refractivity (Wildman–Crippen MR) is 206 cm³/mol. The van der Waals surface area contributed by atoms with Gasteiger partial charge in [0.2, 0.25) is 0 Å². The Hall–Kier alpha value is -5.58. The van der Waals surface area contributed by atoms with Crippen LogP contribution in [0.1, 0.15) is 28.7 Å². The lowest BCUT2D eigenvalue weighted by atomic mass is 10.0. The molecule has 9 aromatic rings. The Balaban J connectivity index is 1.12. The van der Waals surface area contributed by atoms with E-state index in [-0.39, 0.29) is 0 Å². The first-order chi connectivity index (χ1) is 24.3. The van der Waals surface area contributed by atoms with Crippen LogP contribution in [0.5, 0.6) is 0 Å². The molecular formula is C45H33N3S. The average molecular weight is 648 g/mol. The monoisotopic (exact) mass is 647 g/mol. The van der Waals surface area contributed by atoms with Gasteiger partial charge in [-0.2, -0.15) is 0 Å². The molecule has 4 aliphatic heterocycles. The van der Waals surface area contributed by atoms with Gasteiger partial charge in [-0.15, -0.1) is 11.3 Å². The van der Waals surface area contributed by atoms with Crippen molar-refractivity contribution in [1.82, 2.24) is 14.5 Å². The van der Waals surface area contributed by atoms with Crippen LogP contribution in [0, 0.1) is 0 Å². The van der Waals surface area contributed by atoms with Crippen molar-refractivity contribution in [2.45, 2.75) is 32.1 Å². The van der Waals surface area contributed by atoms with Gasteiger partial charge in [-0.1, -0.05) is 91.0 Å². The number of rotatable bonds is 0. The van der Waals surface area contributed by atoms with Gasteiger partial charge in [-0.25, -0.2) is 0 Å². The lowest BCUT2D eigenvalue weighted by Gasteiger charge is -2.11. The number of benzene rings is 5. The van der Waals surface area contributed by atoms with Crippen molar-refractivity contribution in [3.8, 4) is 28.2 Å². The maximum absolute atomic E-state index is 4.98. The van der Waals surface area contributed by atoms with Crippen molar-refractivity contribution in [3.05, 3.63) is 162 Å². The van der Waals surface area contributed by atoms with E-state index < -0.39 is 0 Å². The number of nitrogens with zero attached hydrogens (tertiary/aromatic N) is 3. The number of aryl methyl sites for hydroxylation is 4. The molecule has 13 rings (SSSR count). The summed E-state index contributed by atoms with van der Waals surface area (Å²) < 4.78 is 5.25. The third-order valence-electron chi connectivity index (χ3n) is 10.3. The summed E-state index contributed by atoms with van der Waals surface area (Å²) in [6.07, 6.45) is 9.26. The molecule has 234 valence electrons. The number of hydrogen-bond acceptors (Lipinski definition) is 3. The zero-order chi connectivity index (χ0) is 32.3. The normalized spacial score (nSPS) is 13.3. The average Bonchev–Trinajstić information content (AvgIpc) is 3.71. The summed E-state index contributed by atoms with van der Waals surface area (Å²) in [5.41, 5.74) is 13.1. The molecule has 4 aromatic heterocycles. The van der Waals surface area contributed by atoms with Gasteiger partial charge in [0.15, 0.2) is 0 Å². The van der Waals surface area contributed by atoms with Crippen LogP contribution in [0.2, 0.25) is 0 Å². The molecule has 0 aliphatic carbocycles. The second-order valence-corrected chi connectivity index (χ2v) is 14.3. The standard InChI is InChI=1S/C45H33N3S/c1-2-16-42-36(13-1)37-22-21-34-26-43(37)48(42)35-12-4-11-33(25-35)40-24-19-30(28-47-40)17-20-32-10-6-15-39-38-14-5-9-31(44(38)49-45(32)39)8-3-7-29-18-23-41(34)46-27-29/h1-2,4-6,9-16,18-19,21-28H,3,7-8,17,20H2. The summed E-state index contributed by atoms with van der Waals surface area (Å²) >= 11 is 1.97. The highest BCUT2D eigenvalue weighted by atomic mass is 32.1. The topological polar surface area (TPSA) is 30.7 Å². The molecule has 49 heavy (non-hydrogen) atoms. The van der Waals surface area contributed by atoms with Gasteiger partial charge in [0.05, 0.1) is 22.4 Å². The van der Waals surface area contributed by atoms with Gasteiger partial charge in [0.1, 0.15) is 0 Å². The molecule has 0 saturated heterocycles. The van der Waals surface area contributed by atoms with E-state index in [9.17, 15) is 0 Å². The van der Waals surface area contributed by atoms with Crippen LogP contribution in [-0.4, -0.2) is 14.5 Å². The van der Waals surface area contributed by atoms with E-state index in [1.165, 1.54) is 64.2 Å². The molecule has 5 aromatic carbocycles. The van der Waals surface area contributed by atoms with Crippen LogP contribution in [0.4, 0.5) is 0 Å². The maximum Gasteiger partial charge on any atom is 0.0702 e. The second-order valence-electron chi connectivity index (χ2n) is 13.3. The summed E-state index contributed by atoms with van der Waals surface area (Å²) in [6.45, 7) is 0. The zero-order valence-electron chi connectivity index (χ0n) is 27.1. The van der Waals surface area contributed by atoms with Gasteiger partial charge < -0.3 is 4.57 Å². The minimum absolute atomic E-state index is 0.962. The minimum Gasteiger partial charge on any atom is -0.309 e. The molecule has 0 fully saturated rings. The maximum atomic E-state index is 4.98. The van der Waals surface area contributed by atoms with Crippen molar-refractivity contribution in [1.29, 1.82) is 0 Å². The lowest BCUT2D eigenvalue weighted by molar-refractivity contribution is 0.822. The molecule has 0 amide bonds. The number of pyridine rings is 2. The van der Waals surface area contributed by atoms with E-state index in [2.05, 4.69) is 144 Å². The van der Waals surface area contributed by atoms with Crippen LogP contribution in [-0.2, 0) is 25.7 Å². The lowest BCUT2D eigenvalue weighted by Crippen LogP contribution is -1.96. The Morgan fingerprint density at radius 3 is 1.88 bits per heavy atom. The van der Waals surface area contributed by atoms with E-state index in [0.717, 1.165) is 60.3 Å². The van der Waals surface area contributed by atoms with Gasteiger partial charge in [0, 0.05) is 60.2 Å². The second kappa shape index (κ2) is 11.5. The molecule has 0 atom stereocenters. The number of hydrogen-bond donors (Lipinski definition) is 0. The fourth-order valence-corrected chi connectivity index (χ4v) is 9.17. The molecule has 0 radical (unpaired) electrons. The first-order valence-corrected chi connectivity index (χ1v) is 18.0. The van der Waals surface area contributed by atoms with Crippen molar-refractivity contribution < 1.29 is 0 Å². The van der Waals surface area contributed by atoms with E-state index >= 15 is 0 Å². The van der Waals surface area contributed by atoms with Crippen molar-refractivity contribution in [2.24, 2.45) is 0 Å². The number of thiophene rings is 1. The first-order valence-electron chi connectivity index (χ1n) is 17.2. The largest absolute Gasteiger partial charge is 0.309 e. The number of para-hydroxylation sites is 1. The summed E-state index contributed by atoms with van der Waals surface area (Å²) in [7, 11) is 0. The highest BCUT2D eigenvalue weighted by Crippen LogP contribution is 2.39. The fraction of sp³-hybridized carbons (Fsp3) is 0.111. The Morgan fingerprint density at radius 2 is 1.12 bits per heavy atom. The smallest absolute Gasteiger partial charge is 0.0702 e. The Morgan fingerprint density at radius 1 is 0.469 bits per heavy atom. The highest BCUT2D eigenvalue weighted by molar-refractivity contribution is 7.26. The Bertz CT molecular complexity index is 2680. The van der Waals surface area contributed by atoms with Gasteiger partial charge in [-0.3, -0.25) is 9.97 Å². The number of aromatic nitrogens is 3. The van der Waals surface area contributed by atoms with Crippen molar-refractivity contribution in [2.75, 3.05) is 0 Å². The van der Waals surface area contributed by atoms with Crippen molar-refractivity contribution in [3.63, 3.8) is 0 Å². The minimum atomic E-state index is 0.962. The number of fused-ring (bicyclic) bond motifs is 3. The molecule has 0 spiro atoms. The summed E-state index contributed by atoms with van der Waals surface area (Å²) in [5.74, 6) is 0. The van der Waals surface area contributed by atoms with Crippen LogP contribution >= 0.6 is 11.3 Å². The van der Waals surface area contributed by atoms with Crippen LogP contribution in [0.3, 0.4) is 0 Å². The predicted octanol–water partition coefficient (Wildman–Crippen LogP) is 11.5. The third kappa shape index (κ3) is 4.86. The molecule has 10 bridgehead atoms. The van der Waals surface area contributed by atoms with E-state index in [1.54, 1.807) is 0 Å². The SMILES string of the molecule is c1cc2cc(c1)-n1c3ccccc3c3ccc(cc31)-c1ccc(cn1)CCCc1cccc3c1sc1c(cccc13)CCc1ccc-2nc1.